The number of halogens is 1. The van der Waals surface area contributed by atoms with E-state index in [0.717, 1.165) is 0 Å². The molecule has 0 radical (unpaired) electrons. The molecule has 0 fully saturated rings. The Morgan fingerprint density at radius 2 is 2.58 bits per heavy atom. The SMILES string of the molecule is COC(=O)CCn1cnc(Cl)n1. The molecule has 0 saturated heterocycles. The van der Waals surface area contributed by atoms with Crippen LogP contribution in [-0.4, -0.2) is 27.8 Å². The normalized spacial score (nSPS) is 9.83. The molecule has 12 heavy (non-hydrogen) atoms. The topological polar surface area (TPSA) is 57.0 Å². The average molecular weight is 190 g/mol. The molecule has 0 aliphatic heterocycles. The Kier molecular flexibility index (Phi) is 3.04. The highest BCUT2D eigenvalue weighted by Crippen LogP contribution is 1.97. The second kappa shape index (κ2) is 4.06. The quantitative estimate of drug-likeness (QED) is 0.650. The Labute approximate surface area is 74.3 Å². The summed E-state index contributed by atoms with van der Waals surface area (Å²) >= 11 is 5.45. The molecule has 1 rings (SSSR count). The first-order valence-corrected chi connectivity index (χ1v) is 3.72. The minimum atomic E-state index is -0.276. The molecule has 0 spiro atoms. The molecular weight excluding hydrogens is 182 g/mol. The highest BCUT2D eigenvalue weighted by Gasteiger charge is 2.01. The van der Waals surface area contributed by atoms with Crippen LogP contribution < -0.4 is 0 Å². The summed E-state index contributed by atoms with van der Waals surface area (Å²) in [7, 11) is 1.34. The van der Waals surface area contributed by atoms with E-state index >= 15 is 0 Å². The summed E-state index contributed by atoms with van der Waals surface area (Å²) in [6.07, 6.45) is 1.74. The van der Waals surface area contributed by atoms with Crippen LogP contribution in [0.2, 0.25) is 5.28 Å². The number of carbonyl (C=O) groups excluding carboxylic acids is 1. The molecule has 0 aliphatic carbocycles. The second-order valence-electron chi connectivity index (χ2n) is 2.10. The van der Waals surface area contributed by atoms with E-state index in [-0.39, 0.29) is 17.7 Å². The predicted molar refractivity (Wildman–Crippen MR) is 41.7 cm³/mol. The lowest BCUT2D eigenvalue weighted by Crippen LogP contribution is -2.07. The van der Waals surface area contributed by atoms with E-state index in [1.54, 1.807) is 0 Å². The zero-order valence-electron chi connectivity index (χ0n) is 6.53. The fraction of sp³-hybridized carbons (Fsp3) is 0.500. The molecular formula is C6H8ClN3O2. The van der Waals surface area contributed by atoms with Gasteiger partial charge in [-0.2, -0.15) is 0 Å². The maximum absolute atomic E-state index is 10.7. The van der Waals surface area contributed by atoms with Crippen LogP contribution in [0.5, 0.6) is 0 Å². The van der Waals surface area contributed by atoms with Crippen molar-refractivity contribution in [2.24, 2.45) is 0 Å². The van der Waals surface area contributed by atoms with Crippen LogP contribution in [0.3, 0.4) is 0 Å². The van der Waals surface area contributed by atoms with Crippen molar-refractivity contribution in [3.8, 4) is 0 Å². The number of hydrogen-bond donors (Lipinski definition) is 0. The van der Waals surface area contributed by atoms with Gasteiger partial charge in [-0.05, 0) is 11.6 Å². The number of rotatable bonds is 3. The lowest BCUT2D eigenvalue weighted by Gasteiger charge is -1.97. The van der Waals surface area contributed by atoms with E-state index < -0.39 is 0 Å². The Bertz CT molecular complexity index is 274. The van der Waals surface area contributed by atoms with Gasteiger partial charge >= 0.3 is 5.97 Å². The Balaban J connectivity index is 2.38. The summed E-state index contributed by atoms with van der Waals surface area (Å²) in [4.78, 5) is 14.4. The number of esters is 1. The Morgan fingerprint density at radius 3 is 3.08 bits per heavy atom. The number of aromatic nitrogens is 3. The van der Waals surface area contributed by atoms with Crippen LogP contribution in [0.4, 0.5) is 0 Å². The highest BCUT2D eigenvalue weighted by atomic mass is 35.5. The molecule has 0 bridgehead atoms. The first kappa shape index (κ1) is 8.99. The molecule has 0 atom stereocenters. The zero-order chi connectivity index (χ0) is 8.97. The van der Waals surface area contributed by atoms with Crippen molar-refractivity contribution in [2.45, 2.75) is 13.0 Å². The van der Waals surface area contributed by atoms with Gasteiger partial charge in [-0.1, -0.05) is 0 Å². The van der Waals surface area contributed by atoms with E-state index in [1.807, 2.05) is 0 Å². The summed E-state index contributed by atoms with van der Waals surface area (Å²) in [6.45, 7) is 0.437. The molecule has 66 valence electrons. The van der Waals surface area contributed by atoms with Gasteiger partial charge in [-0.25, -0.2) is 4.98 Å². The number of hydrogen-bond acceptors (Lipinski definition) is 4. The summed E-state index contributed by atoms with van der Waals surface area (Å²) < 4.78 is 5.93. The fourth-order valence-electron chi connectivity index (χ4n) is 0.688. The molecule has 0 N–H and O–H groups in total. The van der Waals surface area contributed by atoms with Gasteiger partial charge < -0.3 is 4.74 Å². The lowest BCUT2D eigenvalue weighted by molar-refractivity contribution is -0.140. The second-order valence-corrected chi connectivity index (χ2v) is 2.44. The third kappa shape index (κ3) is 2.50. The summed E-state index contributed by atoms with van der Waals surface area (Å²) in [6, 6.07) is 0. The predicted octanol–water partition coefficient (Wildman–Crippen LogP) is 0.495. The largest absolute Gasteiger partial charge is 0.469 e. The maximum Gasteiger partial charge on any atom is 0.307 e. The van der Waals surface area contributed by atoms with Crippen molar-refractivity contribution in [1.29, 1.82) is 0 Å². The minimum absolute atomic E-state index is 0.180. The van der Waals surface area contributed by atoms with E-state index in [0.29, 0.717) is 6.54 Å². The third-order valence-electron chi connectivity index (χ3n) is 1.28. The van der Waals surface area contributed by atoms with E-state index in [1.165, 1.54) is 18.1 Å². The Morgan fingerprint density at radius 1 is 1.83 bits per heavy atom. The van der Waals surface area contributed by atoms with Crippen LogP contribution in [-0.2, 0) is 16.1 Å². The first-order chi connectivity index (χ1) is 5.72. The molecule has 0 amide bonds. The van der Waals surface area contributed by atoms with Gasteiger partial charge in [-0.15, -0.1) is 5.10 Å². The van der Waals surface area contributed by atoms with Crippen molar-refractivity contribution in [3.05, 3.63) is 11.6 Å². The molecule has 0 unspecified atom stereocenters. The zero-order valence-corrected chi connectivity index (χ0v) is 7.28. The molecule has 0 aromatic carbocycles. The maximum atomic E-state index is 10.7. The van der Waals surface area contributed by atoms with Gasteiger partial charge in [-0.3, -0.25) is 9.48 Å². The van der Waals surface area contributed by atoms with E-state index in [4.69, 9.17) is 11.6 Å². The number of carbonyl (C=O) groups is 1. The van der Waals surface area contributed by atoms with Gasteiger partial charge in [0.25, 0.3) is 0 Å². The molecule has 0 saturated carbocycles. The van der Waals surface area contributed by atoms with Gasteiger partial charge in [0.2, 0.25) is 5.28 Å². The van der Waals surface area contributed by atoms with Crippen molar-refractivity contribution < 1.29 is 9.53 Å². The lowest BCUT2D eigenvalue weighted by atomic mass is 10.4. The van der Waals surface area contributed by atoms with Crippen LogP contribution >= 0.6 is 11.6 Å². The van der Waals surface area contributed by atoms with E-state index in [2.05, 4.69) is 14.8 Å². The number of ether oxygens (including phenoxy) is 1. The fourth-order valence-corrected chi connectivity index (χ4v) is 0.828. The third-order valence-corrected chi connectivity index (χ3v) is 1.45. The molecule has 6 heteroatoms. The monoisotopic (exact) mass is 189 g/mol. The van der Waals surface area contributed by atoms with E-state index in [9.17, 15) is 4.79 Å². The number of methoxy groups -OCH3 is 1. The molecule has 1 aromatic rings. The Hall–Kier alpha value is -1.10. The van der Waals surface area contributed by atoms with Gasteiger partial charge in [0.1, 0.15) is 6.33 Å². The van der Waals surface area contributed by atoms with Gasteiger partial charge in [0, 0.05) is 0 Å². The molecule has 1 heterocycles. The standard InChI is InChI=1S/C6H8ClN3O2/c1-12-5(11)2-3-10-4-8-6(7)9-10/h4H,2-3H2,1H3. The summed E-state index contributed by atoms with van der Waals surface area (Å²) in [5.74, 6) is -0.276. The van der Waals surface area contributed by atoms with Crippen molar-refractivity contribution >= 4 is 17.6 Å². The van der Waals surface area contributed by atoms with Crippen molar-refractivity contribution in [2.75, 3.05) is 7.11 Å². The smallest absolute Gasteiger partial charge is 0.307 e. The van der Waals surface area contributed by atoms with Gasteiger partial charge in [0.05, 0.1) is 20.1 Å². The summed E-state index contributed by atoms with van der Waals surface area (Å²) in [5.41, 5.74) is 0. The van der Waals surface area contributed by atoms with Crippen LogP contribution in [0.15, 0.2) is 6.33 Å². The number of aryl methyl sites for hydroxylation is 1. The van der Waals surface area contributed by atoms with Gasteiger partial charge in [0.15, 0.2) is 0 Å². The summed E-state index contributed by atoms with van der Waals surface area (Å²) in [5, 5.41) is 3.96. The minimum Gasteiger partial charge on any atom is -0.469 e. The first-order valence-electron chi connectivity index (χ1n) is 3.34. The molecule has 0 aliphatic rings. The highest BCUT2D eigenvalue weighted by molar-refractivity contribution is 6.28. The van der Waals surface area contributed by atoms with Crippen molar-refractivity contribution in [1.82, 2.24) is 14.8 Å². The van der Waals surface area contributed by atoms with Crippen molar-refractivity contribution in [3.63, 3.8) is 0 Å². The van der Waals surface area contributed by atoms with Crippen LogP contribution in [0, 0.1) is 0 Å². The average Bonchev–Trinajstić information content (AvgIpc) is 2.47. The molecule has 1 aromatic heterocycles. The van der Waals surface area contributed by atoms with Crippen LogP contribution in [0.25, 0.3) is 0 Å². The van der Waals surface area contributed by atoms with Crippen LogP contribution in [0.1, 0.15) is 6.42 Å². The number of nitrogens with zero attached hydrogens (tertiary/aromatic N) is 3. The molecule has 5 nitrogen and oxygen atoms in total.